The van der Waals surface area contributed by atoms with Crippen LogP contribution in [-0.2, 0) is 14.3 Å². The molecule has 0 aromatic heterocycles. The van der Waals surface area contributed by atoms with Crippen molar-refractivity contribution in [1.82, 2.24) is 0 Å². The van der Waals surface area contributed by atoms with Crippen LogP contribution in [0.4, 0.5) is 0 Å². The number of terminal acetylenes is 1. The number of fused-ring (bicyclic) bond motifs is 5. The Morgan fingerprint density at radius 3 is 2.89 bits per heavy atom. The fourth-order valence-electron chi connectivity index (χ4n) is 6.31. The predicted molar refractivity (Wildman–Crippen MR) is 110 cm³/mol. The van der Waals surface area contributed by atoms with E-state index in [1.807, 2.05) is 0 Å². The third-order valence-corrected chi connectivity index (χ3v) is 8.03. The molecule has 0 amide bonds. The smallest absolute Gasteiger partial charge is 0.307 e. The molecular formula is C25H32O3. The van der Waals surface area contributed by atoms with Crippen LogP contribution in [0.15, 0.2) is 35.1 Å². The molecule has 150 valence electrons. The first-order valence-corrected chi connectivity index (χ1v) is 10.7. The van der Waals surface area contributed by atoms with Gasteiger partial charge < -0.3 is 9.47 Å². The lowest BCUT2D eigenvalue weighted by Crippen LogP contribution is -2.45. The molecular weight excluding hydrogens is 348 g/mol. The molecule has 5 atom stereocenters. The Bertz CT molecular complexity index is 795. The maximum atomic E-state index is 12.2. The molecule has 0 saturated heterocycles. The second-order valence-electron chi connectivity index (χ2n) is 9.38. The van der Waals surface area contributed by atoms with E-state index in [4.69, 9.17) is 15.9 Å². The fraction of sp³-hybridized carbons (Fsp3) is 0.640. The molecule has 3 nitrogen and oxygen atoms in total. The van der Waals surface area contributed by atoms with Crippen molar-refractivity contribution in [3.05, 3.63) is 35.1 Å². The van der Waals surface area contributed by atoms with Gasteiger partial charge in [0.2, 0.25) is 0 Å². The minimum absolute atomic E-state index is 0.0186. The van der Waals surface area contributed by atoms with Gasteiger partial charge in [-0.15, -0.1) is 12.3 Å². The van der Waals surface area contributed by atoms with Crippen LogP contribution in [-0.4, -0.2) is 19.2 Å². The van der Waals surface area contributed by atoms with E-state index in [1.54, 1.807) is 12.7 Å². The minimum atomic E-state index is -0.137. The molecule has 0 heterocycles. The number of allylic oxidation sites excluding steroid dienone is 6. The Labute approximate surface area is 169 Å². The van der Waals surface area contributed by atoms with Crippen molar-refractivity contribution in [3.8, 4) is 12.3 Å². The molecule has 0 radical (unpaired) electrons. The quantitative estimate of drug-likeness (QED) is 0.375. The van der Waals surface area contributed by atoms with Gasteiger partial charge >= 0.3 is 5.97 Å². The van der Waals surface area contributed by atoms with Crippen LogP contribution in [0.1, 0.15) is 65.2 Å². The number of hydrogen-bond donors (Lipinski definition) is 0. The number of carbonyl (C=O) groups excluding carboxylic acids is 1. The molecule has 0 aromatic carbocycles. The molecule has 0 spiro atoms. The molecule has 4 rings (SSSR count). The van der Waals surface area contributed by atoms with Crippen LogP contribution in [0.25, 0.3) is 0 Å². The molecule has 4 aliphatic rings. The Balaban J connectivity index is 1.57. The van der Waals surface area contributed by atoms with Crippen LogP contribution in [0.2, 0.25) is 0 Å². The largest absolute Gasteiger partial charge is 0.501 e. The molecule has 0 N–H and O–H groups in total. The summed E-state index contributed by atoms with van der Waals surface area (Å²) in [5.41, 5.74) is 3.23. The summed E-state index contributed by atoms with van der Waals surface area (Å²) in [6.45, 7) is 4.75. The molecule has 4 aliphatic carbocycles. The van der Waals surface area contributed by atoms with Gasteiger partial charge in [0.1, 0.15) is 6.10 Å². The van der Waals surface area contributed by atoms with Crippen molar-refractivity contribution < 1.29 is 14.3 Å². The van der Waals surface area contributed by atoms with Gasteiger partial charge in [0.05, 0.1) is 19.3 Å². The number of methoxy groups -OCH3 is 1. The molecule has 3 heteroatoms. The first-order valence-electron chi connectivity index (χ1n) is 10.7. The highest BCUT2D eigenvalue weighted by molar-refractivity contribution is 5.70. The Kier molecular flexibility index (Phi) is 4.94. The van der Waals surface area contributed by atoms with E-state index < -0.39 is 0 Å². The molecule has 0 aliphatic heterocycles. The monoisotopic (exact) mass is 380 g/mol. The Hall–Kier alpha value is -1.95. The summed E-state index contributed by atoms with van der Waals surface area (Å²) in [4.78, 5) is 12.2. The normalized spacial score (nSPS) is 38.6. The molecule has 28 heavy (non-hydrogen) atoms. The van der Waals surface area contributed by atoms with Gasteiger partial charge in [0.25, 0.3) is 0 Å². The summed E-state index contributed by atoms with van der Waals surface area (Å²) >= 11 is 0. The second kappa shape index (κ2) is 7.14. The van der Waals surface area contributed by atoms with Gasteiger partial charge in [0, 0.05) is 23.7 Å². The Morgan fingerprint density at radius 1 is 1.32 bits per heavy atom. The average molecular weight is 381 g/mol. The summed E-state index contributed by atoms with van der Waals surface area (Å²) in [5, 5.41) is 0. The summed E-state index contributed by atoms with van der Waals surface area (Å²) in [7, 11) is 1.77. The van der Waals surface area contributed by atoms with Gasteiger partial charge in [-0.2, -0.15) is 0 Å². The zero-order chi connectivity index (χ0) is 19.9. The average Bonchev–Trinajstić information content (AvgIpc) is 3.02. The highest BCUT2D eigenvalue weighted by atomic mass is 16.5. The summed E-state index contributed by atoms with van der Waals surface area (Å²) < 4.78 is 11.4. The lowest BCUT2D eigenvalue weighted by Gasteiger charge is -2.52. The highest BCUT2D eigenvalue weighted by Gasteiger charge is 2.56. The van der Waals surface area contributed by atoms with Crippen molar-refractivity contribution in [1.29, 1.82) is 0 Å². The van der Waals surface area contributed by atoms with E-state index in [0.717, 1.165) is 44.3 Å². The van der Waals surface area contributed by atoms with Crippen LogP contribution in [0, 0.1) is 35.0 Å². The van der Waals surface area contributed by atoms with Gasteiger partial charge in [-0.1, -0.05) is 31.6 Å². The highest BCUT2D eigenvalue weighted by Crippen LogP contribution is 2.62. The lowest BCUT2D eigenvalue weighted by atomic mass is 9.53. The summed E-state index contributed by atoms with van der Waals surface area (Å²) in [5.74, 6) is 4.65. The van der Waals surface area contributed by atoms with Gasteiger partial charge in [-0.25, -0.2) is 0 Å². The van der Waals surface area contributed by atoms with Crippen LogP contribution < -0.4 is 0 Å². The van der Waals surface area contributed by atoms with E-state index in [9.17, 15) is 4.79 Å². The molecule has 2 unspecified atom stereocenters. The van der Waals surface area contributed by atoms with Crippen LogP contribution in [0.3, 0.4) is 0 Å². The summed E-state index contributed by atoms with van der Waals surface area (Å²) in [6.07, 6.45) is 19.6. The van der Waals surface area contributed by atoms with Gasteiger partial charge in [-0.3, -0.25) is 4.79 Å². The van der Waals surface area contributed by atoms with Crippen molar-refractivity contribution in [2.75, 3.05) is 7.11 Å². The van der Waals surface area contributed by atoms with E-state index in [2.05, 4.69) is 38.0 Å². The summed E-state index contributed by atoms with van der Waals surface area (Å²) in [6, 6.07) is 0. The number of carbonyl (C=O) groups is 1. The van der Waals surface area contributed by atoms with E-state index in [0.29, 0.717) is 24.7 Å². The van der Waals surface area contributed by atoms with Crippen molar-refractivity contribution in [2.45, 2.75) is 71.3 Å². The third-order valence-electron chi connectivity index (χ3n) is 8.03. The van der Waals surface area contributed by atoms with E-state index >= 15 is 0 Å². The number of rotatable bonds is 4. The zero-order valence-electron chi connectivity index (χ0n) is 17.4. The van der Waals surface area contributed by atoms with E-state index in [-0.39, 0.29) is 22.9 Å². The molecule has 0 bridgehead atoms. The van der Waals surface area contributed by atoms with Crippen LogP contribution in [0.5, 0.6) is 0 Å². The maximum absolute atomic E-state index is 12.2. The number of esters is 1. The van der Waals surface area contributed by atoms with E-state index in [1.165, 1.54) is 5.57 Å². The number of ether oxygens (including phenoxy) is 2. The van der Waals surface area contributed by atoms with Crippen molar-refractivity contribution >= 4 is 5.97 Å². The first kappa shape index (κ1) is 19.4. The Morgan fingerprint density at radius 2 is 2.14 bits per heavy atom. The predicted octanol–water partition coefficient (Wildman–Crippen LogP) is 5.33. The standard InChI is InChI=1S/C25H32O3/c1-5-6-7-23(26)28-22-11-10-20-19-9-8-17-16-18(27-4)12-14-24(17,2)21(19)13-15-25(20,22)3/h1,8,13,16,19-20,22H,6-7,9-12,14-15H2,2-4H3/t19?,20?,22-,24-,25-/m0/s1. The first-order chi connectivity index (χ1) is 13.4. The van der Waals surface area contributed by atoms with Gasteiger partial charge in [0.15, 0.2) is 0 Å². The molecule has 1 fully saturated rings. The lowest BCUT2D eigenvalue weighted by molar-refractivity contribution is -0.155. The fourth-order valence-corrected chi connectivity index (χ4v) is 6.31. The molecule has 1 saturated carbocycles. The SMILES string of the molecule is C#CCCC(=O)O[C@H]1CCC2C3CC=C4C=C(OC)CC[C@]4(C)C3=CC[C@@]21C. The van der Waals surface area contributed by atoms with Crippen molar-refractivity contribution in [3.63, 3.8) is 0 Å². The molecule has 0 aromatic rings. The number of hydrogen-bond acceptors (Lipinski definition) is 3. The minimum Gasteiger partial charge on any atom is -0.501 e. The van der Waals surface area contributed by atoms with Gasteiger partial charge in [-0.05, 0) is 55.6 Å². The van der Waals surface area contributed by atoms with Crippen LogP contribution >= 0.6 is 0 Å². The zero-order valence-corrected chi connectivity index (χ0v) is 17.4. The van der Waals surface area contributed by atoms with Crippen molar-refractivity contribution in [2.24, 2.45) is 22.7 Å². The second-order valence-corrected chi connectivity index (χ2v) is 9.38. The third kappa shape index (κ3) is 2.93. The maximum Gasteiger partial charge on any atom is 0.307 e. The topological polar surface area (TPSA) is 35.5 Å².